The number of nitrogens with zero attached hydrogens (tertiary/aromatic N) is 5. The molecule has 632 valence electrons. The molecule has 2 radical (unpaired) electrons. The van der Waals surface area contributed by atoms with Crippen LogP contribution < -0.4 is 4.74 Å². The molecule has 0 aliphatic carbocycles. The Balaban J connectivity index is 0.000000457. The first-order chi connectivity index (χ1) is 56.0. The number of phenols is 1. The van der Waals surface area contributed by atoms with Crippen LogP contribution in [0.4, 0.5) is 0 Å². The van der Waals surface area contributed by atoms with Gasteiger partial charge < -0.3 is 60.2 Å². The zero-order valence-corrected chi connectivity index (χ0v) is 78.5. The van der Waals surface area contributed by atoms with Crippen molar-refractivity contribution in [1.82, 2.24) is 24.8 Å². The Kier molecular flexibility index (Phi) is 56.0. The van der Waals surface area contributed by atoms with Gasteiger partial charge in [0.05, 0.1) is 29.8 Å². The molecule has 0 saturated heterocycles. The van der Waals surface area contributed by atoms with Gasteiger partial charge in [-0.15, -0.1) is 118 Å². The predicted molar refractivity (Wildman–Crippen MR) is 492 cm³/mol. The predicted octanol–water partition coefficient (Wildman–Crippen LogP) is 23.9. The van der Waals surface area contributed by atoms with Crippen LogP contribution in [0.1, 0.15) is 106 Å². The third-order valence-corrected chi connectivity index (χ3v) is 20.5. The van der Waals surface area contributed by atoms with E-state index in [4.69, 9.17) is 60.0 Å². The molecule has 0 aliphatic heterocycles. The first-order valence-corrected chi connectivity index (χ1v) is 42.8. The fourth-order valence-electron chi connectivity index (χ4n) is 10.1. The topological polar surface area (TPSA) is 220 Å². The van der Waals surface area contributed by atoms with E-state index in [0.29, 0.717) is 49.0 Å². The van der Waals surface area contributed by atoms with Crippen LogP contribution in [-0.2, 0) is 62.6 Å². The molecule has 8 heterocycles. The van der Waals surface area contributed by atoms with Gasteiger partial charge in [-0.25, -0.2) is 50.1 Å². The standard InChI is InChI=1S/C16H22O4.4C13H8NS.C12H18O3.C6H15N.C4H5ClO.C2H6O.C2H6.CH2Cl2.2Ir/c1-11(2)16(19)20-15-8-5-13(6-9-15)4-7-14(18)10-12(3)17;4*1-2-7-12-10(5-1)9-13(15-12)11-6-3-4-8-14-11;1-9(13)8-12(15)7-4-10-2-5-11(14)6-3-10;1-4-7(5-2)6-3;1-3(2)4(5)6;1-2-3;1-2;2-1-3;;/h5-6,8-9,12,14,17-18H,1,4,7,10H2,2-3H3;4*1-8H;2-3,5-6,9,12-15H,4,7-8H2,1H3;4-6H2,1-3H3;1H2,2H3;3H,2H2,1H3;1-2H3;1H2;;/q;4*-1;;;;;;;;. The van der Waals surface area contributed by atoms with Crippen LogP contribution in [0.2, 0.25) is 0 Å². The van der Waals surface area contributed by atoms with Gasteiger partial charge in [-0.1, -0.05) is 169 Å². The maximum atomic E-state index is 11.3. The maximum absolute atomic E-state index is 11.3. The van der Waals surface area contributed by atoms with Crippen molar-refractivity contribution in [3.8, 4) is 53.8 Å². The Labute approximate surface area is 755 Å². The summed E-state index contributed by atoms with van der Waals surface area (Å²) in [7, 11) is 0. The Morgan fingerprint density at radius 2 is 0.703 bits per heavy atom. The molecular formula is C95H106Cl3Ir2N5O9S4-4. The number of aliphatic hydroxyl groups excluding tert-OH is 5. The van der Waals surface area contributed by atoms with Crippen LogP contribution >= 0.6 is 80.1 Å². The number of aliphatic hydroxyl groups is 5. The van der Waals surface area contributed by atoms with Crippen LogP contribution in [0.15, 0.2) is 267 Å². The van der Waals surface area contributed by atoms with Gasteiger partial charge in [0.2, 0.25) is 5.24 Å². The Bertz CT molecular complexity index is 4420. The monoisotopic (exact) mass is 2080 g/mol. The van der Waals surface area contributed by atoms with E-state index >= 15 is 0 Å². The zero-order chi connectivity index (χ0) is 85.0. The van der Waals surface area contributed by atoms with Crippen LogP contribution in [0.25, 0.3) is 82.6 Å². The SMILES string of the molecule is C=C(C)C(=O)Cl.C=C(C)C(=O)Oc1ccc(CCC(O)CC(C)O)cc1.CC.CC(O)CC(O)CCc1ccc(O)cc1.CCN(CC)CC.CCO.ClCCl.[Ir].[Ir].[c-]1c(-c2ccccn2)sc2ccccc12.[c-]1c(-c2ccccn2)sc2ccccc12.[c-]1c(-c2ccccn2)sc2ccccc12.[c-]1c(-c2ccccn2)sc2ccccc12. The molecule has 0 bridgehead atoms. The number of allylic oxidation sites excluding steroid dienone is 1. The van der Waals surface area contributed by atoms with Crippen molar-refractivity contribution in [1.29, 1.82) is 0 Å². The van der Waals surface area contributed by atoms with E-state index in [1.807, 2.05) is 160 Å². The summed E-state index contributed by atoms with van der Waals surface area (Å²) in [5.41, 5.74) is 6.86. The molecule has 14 nitrogen and oxygen atoms in total. The number of esters is 1. The molecular weight excluding hydrogens is 1970 g/mol. The van der Waals surface area contributed by atoms with Gasteiger partial charge in [-0.2, -0.15) is 0 Å². The smallest absolute Gasteiger partial charge is 0.338 e. The van der Waals surface area contributed by atoms with Gasteiger partial charge >= 0.3 is 5.97 Å². The number of benzene rings is 6. The van der Waals surface area contributed by atoms with E-state index in [2.05, 4.69) is 156 Å². The minimum absolute atomic E-state index is 0. The minimum atomic E-state index is -0.504. The van der Waals surface area contributed by atoms with Gasteiger partial charge in [-0.3, -0.25) is 4.79 Å². The molecule has 14 aromatic rings. The number of aryl methyl sites for hydroxylation is 2. The second-order valence-corrected chi connectivity index (χ2v) is 30.6. The summed E-state index contributed by atoms with van der Waals surface area (Å²) in [5, 5.41) is 58.5. The Morgan fingerprint density at radius 1 is 0.449 bits per heavy atom. The summed E-state index contributed by atoms with van der Waals surface area (Å²) in [6.45, 7) is 29.3. The number of rotatable bonds is 20. The van der Waals surface area contributed by atoms with Crippen molar-refractivity contribution in [2.45, 2.75) is 132 Å². The number of fused-ring (bicyclic) bond motifs is 4. The van der Waals surface area contributed by atoms with Gasteiger partial charge in [0.15, 0.2) is 0 Å². The number of alkyl halides is 2. The third-order valence-electron chi connectivity index (χ3n) is 15.8. The quantitative estimate of drug-likeness (QED) is 0.0104. The molecule has 8 aromatic heterocycles. The van der Waals surface area contributed by atoms with Crippen molar-refractivity contribution in [2.75, 3.05) is 31.6 Å². The number of carbonyl (C=O) groups is 2. The van der Waals surface area contributed by atoms with E-state index < -0.39 is 35.6 Å². The average molecular weight is 2080 g/mol. The van der Waals surface area contributed by atoms with Crippen LogP contribution in [0, 0.1) is 24.3 Å². The van der Waals surface area contributed by atoms with Gasteiger partial charge in [0.25, 0.3) is 0 Å². The number of phenolic OH excluding ortho intramolecular Hbond substituents is 1. The maximum Gasteiger partial charge on any atom is 0.338 e. The number of carbonyl (C=O) groups excluding carboxylic acids is 2. The largest absolute Gasteiger partial charge is 0.508 e. The molecule has 0 spiro atoms. The fraction of sp³-hybridized carbons (Fsp3) is 0.263. The molecule has 14 rings (SSSR count). The number of halogens is 3. The minimum Gasteiger partial charge on any atom is -0.508 e. The van der Waals surface area contributed by atoms with Crippen LogP contribution in [0.3, 0.4) is 0 Å². The summed E-state index contributed by atoms with van der Waals surface area (Å²) < 4.78 is 10.1. The molecule has 0 saturated carbocycles. The summed E-state index contributed by atoms with van der Waals surface area (Å²) >= 11 is 21.3. The molecule has 6 aromatic carbocycles. The second kappa shape index (κ2) is 62.3. The first kappa shape index (κ1) is 106. The van der Waals surface area contributed by atoms with Gasteiger partial charge in [-0.05, 0) is 202 Å². The van der Waals surface area contributed by atoms with Crippen molar-refractivity contribution in [2.24, 2.45) is 0 Å². The molecule has 0 aliphatic rings. The summed E-state index contributed by atoms with van der Waals surface area (Å²) in [6.07, 6.45) is 8.83. The first-order valence-electron chi connectivity index (χ1n) is 38.1. The average Bonchev–Trinajstić information content (AvgIpc) is 1.70. The van der Waals surface area contributed by atoms with Gasteiger partial charge in [0.1, 0.15) is 11.5 Å². The number of ether oxygens (including phenoxy) is 1. The Morgan fingerprint density at radius 3 is 0.915 bits per heavy atom. The van der Waals surface area contributed by atoms with Crippen molar-refractivity contribution in [3.63, 3.8) is 0 Å². The number of aromatic hydroxyl groups is 1. The number of aromatic nitrogens is 4. The number of hydrogen-bond acceptors (Lipinski definition) is 18. The molecule has 23 heteroatoms. The third kappa shape index (κ3) is 41.9. The normalized spacial score (nSPS) is 11.0. The second-order valence-electron chi connectivity index (χ2n) is 25.2. The molecule has 0 fully saturated rings. The molecule has 118 heavy (non-hydrogen) atoms. The Hall–Kier alpha value is -7.89. The van der Waals surface area contributed by atoms with Crippen molar-refractivity contribution in [3.05, 3.63) is 303 Å². The summed E-state index contributed by atoms with van der Waals surface area (Å²) in [6, 6.07) is 84.5. The van der Waals surface area contributed by atoms with Crippen LogP contribution in [-0.4, -0.2) is 123 Å². The van der Waals surface area contributed by atoms with E-state index in [9.17, 15) is 19.8 Å². The van der Waals surface area contributed by atoms with Crippen LogP contribution in [0.5, 0.6) is 11.5 Å². The zero-order valence-electron chi connectivity index (χ0n) is 68.2. The molecule has 4 atom stereocenters. The van der Waals surface area contributed by atoms with E-state index in [1.165, 1.54) is 60.0 Å². The fourth-order valence-corrected chi connectivity index (χ4v) is 14.0. The number of hydrogen-bond donors (Lipinski definition) is 6. The van der Waals surface area contributed by atoms with Gasteiger partial charge in [0, 0.05) is 106 Å². The number of pyridine rings is 4. The summed E-state index contributed by atoms with van der Waals surface area (Å²) in [5.74, 6) is 0.291. The molecule has 6 N–H and O–H groups in total. The van der Waals surface area contributed by atoms with E-state index in [1.54, 1.807) is 104 Å². The van der Waals surface area contributed by atoms with E-state index in [-0.39, 0.29) is 57.9 Å². The number of thiophene rings is 4. The molecule has 0 amide bonds. The van der Waals surface area contributed by atoms with E-state index in [0.717, 1.165) is 59.8 Å². The summed E-state index contributed by atoms with van der Waals surface area (Å²) in [4.78, 5) is 45.2. The molecule has 4 unspecified atom stereocenters. The van der Waals surface area contributed by atoms with Crippen molar-refractivity contribution >= 4 is 132 Å². The van der Waals surface area contributed by atoms with Crippen molar-refractivity contribution < 1.29 is 85.2 Å².